The largest absolute Gasteiger partial charge is 0.507 e. The number of hydrogen-bond donors (Lipinski definition) is 2. The summed E-state index contributed by atoms with van der Waals surface area (Å²) in [6, 6.07) is 11.9. The van der Waals surface area contributed by atoms with Crippen molar-refractivity contribution in [2.45, 2.75) is 6.92 Å². The molecule has 0 heterocycles. The smallest absolute Gasteiger partial charge is 0.271 e. The number of phenols is 1. The molecule has 6 heteroatoms. The van der Waals surface area contributed by atoms with Crippen molar-refractivity contribution in [3.05, 3.63) is 58.1 Å². The highest BCUT2D eigenvalue weighted by Gasteiger charge is 2.05. The third-order valence-corrected chi connectivity index (χ3v) is 3.26. The molecule has 0 fully saturated rings. The number of nitrogens with one attached hydrogen (secondary N) is 1. The molecule has 2 aromatic carbocycles. The number of benzene rings is 2. The first-order chi connectivity index (χ1) is 10.6. The van der Waals surface area contributed by atoms with E-state index in [2.05, 4.69) is 26.5 Å². The van der Waals surface area contributed by atoms with Gasteiger partial charge in [0.25, 0.3) is 5.91 Å². The van der Waals surface area contributed by atoms with Crippen molar-refractivity contribution in [1.29, 1.82) is 0 Å². The summed E-state index contributed by atoms with van der Waals surface area (Å²) >= 11 is 3.30. The van der Waals surface area contributed by atoms with Gasteiger partial charge in [-0.05, 0) is 37.3 Å². The lowest BCUT2D eigenvalue weighted by Gasteiger charge is -2.05. The summed E-state index contributed by atoms with van der Waals surface area (Å²) in [6.45, 7) is 2.39. The predicted molar refractivity (Wildman–Crippen MR) is 88.5 cm³/mol. The molecular formula is C16H15BrN2O3. The average molecular weight is 363 g/mol. The summed E-state index contributed by atoms with van der Waals surface area (Å²) in [4.78, 5) is 11.9. The van der Waals surface area contributed by atoms with E-state index in [0.717, 1.165) is 4.47 Å². The molecule has 2 aromatic rings. The Kier molecular flexibility index (Phi) is 5.55. The summed E-state index contributed by atoms with van der Waals surface area (Å²) in [5.74, 6) is 0.282. The number of carbonyl (C=O) groups is 1. The number of hydrazone groups is 1. The zero-order chi connectivity index (χ0) is 15.9. The van der Waals surface area contributed by atoms with Crippen molar-refractivity contribution in [3.8, 4) is 11.5 Å². The molecule has 22 heavy (non-hydrogen) atoms. The van der Waals surface area contributed by atoms with Crippen molar-refractivity contribution >= 4 is 28.1 Å². The number of rotatable bonds is 5. The number of phenolic OH excluding ortho intramolecular Hbond substituents is 1. The number of nitrogens with zero attached hydrogens (tertiary/aromatic N) is 1. The van der Waals surface area contributed by atoms with E-state index in [0.29, 0.717) is 23.5 Å². The van der Waals surface area contributed by atoms with Gasteiger partial charge in [-0.15, -0.1) is 0 Å². The van der Waals surface area contributed by atoms with Gasteiger partial charge in [-0.25, -0.2) is 5.43 Å². The second-order valence-corrected chi connectivity index (χ2v) is 5.28. The molecule has 0 saturated heterocycles. The minimum atomic E-state index is -0.331. The third kappa shape index (κ3) is 4.33. The van der Waals surface area contributed by atoms with Crippen LogP contribution in [0.25, 0.3) is 0 Å². The van der Waals surface area contributed by atoms with Crippen LogP contribution in [0.2, 0.25) is 0 Å². The lowest BCUT2D eigenvalue weighted by molar-refractivity contribution is 0.0955. The molecule has 0 aliphatic heterocycles. The van der Waals surface area contributed by atoms with Crippen LogP contribution in [0.3, 0.4) is 0 Å². The van der Waals surface area contributed by atoms with E-state index in [1.54, 1.807) is 30.3 Å². The van der Waals surface area contributed by atoms with Crippen LogP contribution in [-0.2, 0) is 0 Å². The molecule has 0 aliphatic rings. The van der Waals surface area contributed by atoms with E-state index in [-0.39, 0.29) is 11.7 Å². The van der Waals surface area contributed by atoms with Gasteiger partial charge in [0, 0.05) is 21.7 Å². The molecule has 114 valence electrons. The van der Waals surface area contributed by atoms with Gasteiger partial charge in [0.05, 0.1) is 12.8 Å². The number of aromatic hydroxyl groups is 1. The maximum Gasteiger partial charge on any atom is 0.271 e. The molecular weight excluding hydrogens is 348 g/mol. The SMILES string of the molecule is CCOc1ccc(C=NNC(=O)c2cccc(Br)c2)c(O)c1. The zero-order valence-corrected chi connectivity index (χ0v) is 13.5. The van der Waals surface area contributed by atoms with Gasteiger partial charge in [-0.1, -0.05) is 22.0 Å². The average Bonchev–Trinajstić information content (AvgIpc) is 2.49. The Labute approximate surface area is 136 Å². The maximum atomic E-state index is 11.9. The van der Waals surface area contributed by atoms with Crippen molar-refractivity contribution < 1.29 is 14.6 Å². The van der Waals surface area contributed by atoms with Gasteiger partial charge in [0.15, 0.2) is 0 Å². The molecule has 0 bridgehead atoms. The van der Waals surface area contributed by atoms with E-state index in [1.165, 1.54) is 12.3 Å². The van der Waals surface area contributed by atoms with Crippen LogP contribution in [0.4, 0.5) is 0 Å². The Morgan fingerprint density at radius 2 is 2.18 bits per heavy atom. The maximum absolute atomic E-state index is 11.9. The van der Waals surface area contributed by atoms with Crippen LogP contribution in [0, 0.1) is 0 Å². The second kappa shape index (κ2) is 7.61. The van der Waals surface area contributed by atoms with Gasteiger partial charge in [-0.2, -0.15) is 5.10 Å². The van der Waals surface area contributed by atoms with Crippen LogP contribution in [0.15, 0.2) is 52.0 Å². The van der Waals surface area contributed by atoms with Crippen molar-refractivity contribution in [3.63, 3.8) is 0 Å². The zero-order valence-electron chi connectivity index (χ0n) is 11.9. The minimum absolute atomic E-state index is 0.0337. The summed E-state index contributed by atoms with van der Waals surface area (Å²) in [5, 5.41) is 13.7. The molecule has 2 N–H and O–H groups in total. The highest BCUT2D eigenvalue weighted by molar-refractivity contribution is 9.10. The van der Waals surface area contributed by atoms with Gasteiger partial charge in [0.2, 0.25) is 0 Å². The summed E-state index contributed by atoms with van der Waals surface area (Å²) in [7, 11) is 0. The van der Waals surface area contributed by atoms with Crippen LogP contribution < -0.4 is 10.2 Å². The molecule has 0 atom stereocenters. The van der Waals surface area contributed by atoms with Crippen LogP contribution >= 0.6 is 15.9 Å². The predicted octanol–water partition coefficient (Wildman–Crippen LogP) is 3.32. The summed E-state index contributed by atoms with van der Waals surface area (Å²) in [5.41, 5.74) is 3.38. The van der Waals surface area contributed by atoms with Crippen molar-refractivity contribution in [2.24, 2.45) is 5.10 Å². The van der Waals surface area contributed by atoms with Gasteiger partial charge >= 0.3 is 0 Å². The summed E-state index contributed by atoms with van der Waals surface area (Å²) in [6.07, 6.45) is 1.38. The standard InChI is InChI=1S/C16H15BrN2O3/c1-2-22-14-7-6-12(15(20)9-14)10-18-19-16(21)11-4-3-5-13(17)8-11/h3-10,20H,2H2,1H3,(H,19,21). The molecule has 0 aliphatic carbocycles. The highest BCUT2D eigenvalue weighted by atomic mass is 79.9. The lowest BCUT2D eigenvalue weighted by atomic mass is 10.2. The first-order valence-corrected chi connectivity index (χ1v) is 7.44. The number of amides is 1. The molecule has 0 unspecified atom stereocenters. The van der Waals surface area contributed by atoms with E-state index < -0.39 is 0 Å². The Bertz CT molecular complexity index is 702. The molecule has 2 rings (SSSR count). The fraction of sp³-hybridized carbons (Fsp3) is 0.125. The van der Waals surface area contributed by atoms with Crippen LogP contribution in [0.5, 0.6) is 11.5 Å². The van der Waals surface area contributed by atoms with Gasteiger partial charge in [-0.3, -0.25) is 4.79 Å². The number of halogens is 1. The molecule has 0 saturated carbocycles. The van der Waals surface area contributed by atoms with Crippen LogP contribution in [-0.4, -0.2) is 23.8 Å². The van der Waals surface area contributed by atoms with E-state index >= 15 is 0 Å². The van der Waals surface area contributed by atoms with Gasteiger partial charge in [0.1, 0.15) is 11.5 Å². The lowest BCUT2D eigenvalue weighted by Crippen LogP contribution is -2.17. The third-order valence-electron chi connectivity index (χ3n) is 2.77. The molecule has 0 spiro atoms. The number of hydrogen-bond acceptors (Lipinski definition) is 4. The first kappa shape index (κ1) is 16.0. The Morgan fingerprint density at radius 1 is 1.36 bits per heavy atom. The highest BCUT2D eigenvalue weighted by Crippen LogP contribution is 2.22. The fourth-order valence-corrected chi connectivity index (χ4v) is 2.14. The topological polar surface area (TPSA) is 70.9 Å². The molecule has 0 aromatic heterocycles. The van der Waals surface area contributed by atoms with Crippen LogP contribution in [0.1, 0.15) is 22.8 Å². The summed E-state index contributed by atoms with van der Waals surface area (Å²) < 4.78 is 6.09. The quantitative estimate of drug-likeness (QED) is 0.633. The van der Waals surface area contributed by atoms with E-state index in [4.69, 9.17) is 4.74 Å². The van der Waals surface area contributed by atoms with Crippen molar-refractivity contribution in [1.82, 2.24) is 5.43 Å². The molecule has 0 radical (unpaired) electrons. The second-order valence-electron chi connectivity index (χ2n) is 4.36. The van der Waals surface area contributed by atoms with E-state index in [1.807, 2.05) is 13.0 Å². The fourth-order valence-electron chi connectivity index (χ4n) is 1.74. The normalized spacial score (nSPS) is 10.6. The first-order valence-electron chi connectivity index (χ1n) is 6.65. The Hall–Kier alpha value is -2.34. The molecule has 1 amide bonds. The number of carbonyl (C=O) groups excluding carboxylic acids is 1. The number of ether oxygens (including phenoxy) is 1. The Morgan fingerprint density at radius 3 is 2.86 bits per heavy atom. The monoisotopic (exact) mass is 362 g/mol. The van der Waals surface area contributed by atoms with Crippen molar-refractivity contribution in [2.75, 3.05) is 6.61 Å². The van der Waals surface area contributed by atoms with Gasteiger partial charge < -0.3 is 9.84 Å². The Balaban J connectivity index is 2.02. The van der Waals surface area contributed by atoms with E-state index in [9.17, 15) is 9.90 Å². The molecule has 5 nitrogen and oxygen atoms in total. The minimum Gasteiger partial charge on any atom is -0.507 e.